The van der Waals surface area contributed by atoms with Gasteiger partial charge in [0.1, 0.15) is 17.3 Å². The minimum Gasteiger partial charge on any atom is -0.496 e. The molecule has 0 unspecified atom stereocenters. The molecular formula is C24H19F4NO4. The maximum absolute atomic E-state index is 13.2. The Morgan fingerprint density at radius 3 is 2.24 bits per heavy atom. The van der Waals surface area contributed by atoms with Crippen LogP contribution in [0.5, 0.6) is 11.5 Å². The first-order valence-corrected chi connectivity index (χ1v) is 9.69. The van der Waals surface area contributed by atoms with Crippen molar-refractivity contribution in [3.8, 4) is 11.5 Å². The summed E-state index contributed by atoms with van der Waals surface area (Å²) in [7, 11) is 1.50. The molecule has 0 aliphatic carbocycles. The van der Waals surface area contributed by atoms with Crippen molar-refractivity contribution in [3.63, 3.8) is 0 Å². The normalized spacial score (nSPS) is 11.1. The van der Waals surface area contributed by atoms with Gasteiger partial charge in [-0.1, -0.05) is 12.1 Å². The Morgan fingerprint density at radius 1 is 0.939 bits per heavy atom. The fraction of sp³-hybridized carbons (Fsp3) is 0.167. The Hall–Kier alpha value is -3.88. The molecule has 0 heterocycles. The standard InChI is InChI=1S/C24H19F4NO4/c1-14-11-18(8-10-20(14)32-2)29-23(31)19-9-5-16(24(26,27)28)13-21(19)33-22(30)12-15-3-6-17(25)7-4-15/h3-11,13H,12H2,1-2H3,(H,29,31). The summed E-state index contributed by atoms with van der Waals surface area (Å²) in [5, 5.41) is 2.57. The average molecular weight is 461 g/mol. The molecule has 3 aromatic rings. The number of halogens is 4. The molecule has 0 saturated heterocycles. The second-order valence-corrected chi connectivity index (χ2v) is 7.12. The number of esters is 1. The predicted octanol–water partition coefficient (Wildman–Crippen LogP) is 5.56. The van der Waals surface area contributed by atoms with Gasteiger partial charge in [-0.2, -0.15) is 13.2 Å². The van der Waals surface area contributed by atoms with Crippen molar-refractivity contribution in [1.29, 1.82) is 0 Å². The second-order valence-electron chi connectivity index (χ2n) is 7.12. The number of benzene rings is 3. The lowest BCUT2D eigenvalue weighted by Crippen LogP contribution is -2.18. The third kappa shape index (κ3) is 6.09. The van der Waals surface area contributed by atoms with E-state index in [-0.39, 0.29) is 12.0 Å². The number of hydrogen-bond acceptors (Lipinski definition) is 4. The Bertz CT molecular complexity index is 1170. The largest absolute Gasteiger partial charge is 0.496 e. The van der Waals surface area contributed by atoms with E-state index in [1.807, 2.05) is 0 Å². The lowest BCUT2D eigenvalue weighted by molar-refractivity contribution is -0.139. The average Bonchev–Trinajstić information content (AvgIpc) is 2.74. The van der Waals surface area contributed by atoms with Crippen LogP contribution < -0.4 is 14.8 Å². The van der Waals surface area contributed by atoms with Crippen molar-refractivity contribution in [2.75, 3.05) is 12.4 Å². The van der Waals surface area contributed by atoms with Crippen molar-refractivity contribution in [3.05, 3.63) is 88.7 Å². The van der Waals surface area contributed by atoms with E-state index in [0.29, 0.717) is 23.1 Å². The molecule has 5 nitrogen and oxygen atoms in total. The van der Waals surface area contributed by atoms with Crippen LogP contribution in [0.4, 0.5) is 23.2 Å². The SMILES string of the molecule is COc1ccc(NC(=O)c2ccc(C(F)(F)F)cc2OC(=O)Cc2ccc(F)cc2)cc1C. The van der Waals surface area contributed by atoms with Gasteiger partial charge >= 0.3 is 12.1 Å². The van der Waals surface area contributed by atoms with Crippen molar-refractivity contribution in [1.82, 2.24) is 0 Å². The van der Waals surface area contributed by atoms with Gasteiger partial charge in [-0.25, -0.2) is 4.39 Å². The van der Waals surface area contributed by atoms with E-state index in [9.17, 15) is 27.2 Å². The zero-order valence-electron chi connectivity index (χ0n) is 17.6. The van der Waals surface area contributed by atoms with Gasteiger partial charge in [0.05, 0.1) is 24.7 Å². The van der Waals surface area contributed by atoms with Crippen molar-refractivity contribution in [2.24, 2.45) is 0 Å². The Labute approximate surface area is 186 Å². The summed E-state index contributed by atoms with van der Waals surface area (Å²) < 4.78 is 62.9. The summed E-state index contributed by atoms with van der Waals surface area (Å²) in [6.07, 6.45) is -5.03. The van der Waals surface area contributed by atoms with Gasteiger partial charge in [-0.15, -0.1) is 0 Å². The molecule has 1 N–H and O–H groups in total. The quantitative estimate of drug-likeness (QED) is 0.297. The number of carbonyl (C=O) groups is 2. The number of carbonyl (C=O) groups excluding carboxylic acids is 2. The first-order chi connectivity index (χ1) is 15.6. The van der Waals surface area contributed by atoms with Crippen LogP contribution in [0.15, 0.2) is 60.7 Å². The molecule has 0 fully saturated rings. The molecule has 0 aliphatic rings. The van der Waals surface area contributed by atoms with Crippen LogP contribution in [0, 0.1) is 12.7 Å². The minimum atomic E-state index is -4.71. The lowest BCUT2D eigenvalue weighted by atomic mass is 10.1. The van der Waals surface area contributed by atoms with Crippen LogP contribution >= 0.6 is 0 Å². The van der Waals surface area contributed by atoms with Crippen molar-refractivity contribution < 1.29 is 36.6 Å². The molecule has 172 valence electrons. The number of methoxy groups -OCH3 is 1. The summed E-state index contributed by atoms with van der Waals surface area (Å²) in [6, 6.07) is 12.1. The lowest BCUT2D eigenvalue weighted by Gasteiger charge is -2.14. The second kappa shape index (κ2) is 9.72. The predicted molar refractivity (Wildman–Crippen MR) is 113 cm³/mol. The topological polar surface area (TPSA) is 64.6 Å². The number of hydrogen-bond donors (Lipinski definition) is 1. The summed E-state index contributed by atoms with van der Waals surface area (Å²) in [5.74, 6) is -2.12. The Balaban J connectivity index is 1.87. The fourth-order valence-electron chi connectivity index (χ4n) is 3.05. The van der Waals surface area contributed by atoms with E-state index < -0.39 is 35.2 Å². The first-order valence-electron chi connectivity index (χ1n) is 9.69. The maximum atomic E-state index is 13.2. The highest BCUT2D eigenvalue weighted by molar-refractivity contribution is 6.06. The van der Waals surface area contributed by atoms with Crippen LogP contribution in [0.1, 0.15) is 27.0 Å². The number of rotatable bonds is 6. The van der Waals surface area contributed by atoms with Crippen molar-refractivity contribution >= 4 is 17.6 Å². The van der Waals surface area contributed by atoms with Gasteiger partial charge < -0.3 is 14.8 Å². The number of anilines is 1. The molecule has 0 spiro atoms. The van der Waals surface area contributed by atoms with Crippen LogP contribution in [-0.2, 0) is 17.4 Å². The van der Waals surface area contributed by atoms with Gasteiger partial charge in [0.15, 0.2) is 0 Å². The summed E-state index contributed by atoms with van der Waals surface area (Å²) in [6.45, 7) is 1.76. The van der Waals surface area contributed by atoms with Crippen molar-refractivity contribution in [2.45, 2.75) is 19.5 Å². The molecule has 0 bridgehead atoms. The highest BCUT2D eigenvalue weighted by Gasteiger charge is 2.32. The van der Waals surface area contributed by atoms with Gasteiger partial charge in [-0.3, -0.25) is 9.59 Å². The van der Waals surface area contributed by atoms with Crippen LogP contribution in [0.3, 0.4) is 0 Å². The van der Waals surface area contributed by atoms with E-state index in [0.717, 1.165) is 29.8 Å². The molecule has 0 radical (unpaired) electrons. The Kier molecular flexibility index (Phi) is 7.01. The number of ether oxygens (including phenoxy) is 2. The number of aryl methyl sites for hydroxylation is 1. The summed E-state index contributed by atoms with van der Waals surface area (Å²) in [5.41, 5.74) is 0.163. The third-order valence-electron chi connectivity index (χ3n) is 4.69. The zero-order valence-corrected chi connectivity index (χ0v) is 17.6. The zero-order chi connectivity index (χ0) is 24.2. The van der Waals surface area contributed by atoms with Gasteiger partial charge in [0.2, 0.25) is 0 Å². The van der Waals surface area contributed by atoms with E-state index in [2.05, 4.69) is 5.32 Å². The molecule has 33 heavy (non-hydrogen) atoms. The highest BCUT2D eigenvalue weighted by atomic mass is 19.4. The van der Waals surface area contributed by atoms with E-state index in [1.165, 1.54) is 19.2 Å². The molecule has 3 aromatic carbocycles. The van der Waals surface area contributed by atoms with Gasteiger partial charge in [0.25, 0.3) is 5.91 Å². The van der Waals surface area contributed by atoms with Gasteiger partial charge in [0, 0.05) is 5.69 Å². The fourth-order valence-corrected chi connectivity index (χ4v) is 3.05. The molecule has 1 amide bonds. The number of alkyl halides is 3. The number of amides is 1. The molecule has 9 heteroatoms. The molecule has 0 saturated carbocycles. The third-order valence-corrected chi connectivity index (χ3v) is 4.69. The first kappa shape index (κ1) is 23.8. The van der Waals surface area contributed by atoms with Crippen LogP contribution in [0.25, 0.3) is 0 Å². The molecular weight excluding hydrogens is 442 g/mol. The van der Waals surface area contributed by atoms with E-state index in [4.69, 9.17) is 9.47 Å². The molecule has 0 aliphatic heterocycles. The molecule has 3 rings (SSSR count). The van der Waals surface area contributed by atoms with E-state index >= 15 is 0 Å². The highest BCUT2D eigenvalue weighted by Crippen LogP contribution is 2.34. The van der Waals surface area contributed by atoms with Crippen LogP contribution in [0.2, 0.25) is 0 Å². The molecule has 0 atom stereocenters. The number of nitrogens with one attached hydrogen (secondary N) is 1. The Morgan fingerprint density at radius 2 is 1.64 bits per heavy atom. The summed E-state index contributed by atoms with van der Waals surface area (Å²) in [4.78, 5) is 25.1. The maximum Gasteiger partial charge on any atom is 0.416 e. The minimum absolute atomic E-state index is 0.260. The smallest absolute Gasteiger partial charge is 0.416 e. The van der Waals surface area contributed by atoms with Gasteiger partial charge in [-0.05, 0) is 66.6 Å². The molecule has 0 aromatic heterocycles. The van der Waals surface area contributed by atoms with E-state index in [1.54, 1.807) is 25.1 Å². The van der Waals surface area contributed by atoms with Crippen LogP contribution in [-0.4, -0.2) is 19.0 Å². The summed E-state index contributed by atoms with van der Waals surface area (Å²) >= 11 is 0. The monoisotopic (exact) mass is 461 g/mol.